The number of esters is 1. The van der Waals surface area contributed by atoms with Gasteiger partial charge in [0.25, 0.3) is 5.91 Å². The minimum Gasteiger partial charge on any atom is -0.495 e. The van der Waals surface area contributed by atoms with Crippen molar-refractivity contribution in [2.45, 2.75) is 20.8 Å². The third kappa shape index (κ3) is 3.79. The number of rotatable bonds is 5. The molecule has 9 heteroatoms. The molecular weight excluding hydrogens is 376 g/mol. The van der Waals surface area contributed by atoms with Crippen LogP contribution in [0.25, 0.3) is 12.2 Å². The van der Waals surface area contributed by atoms with E-state index >= 15 is 0 Å². The van der Waals surface area contributed by atoms with E-state index in [9.17, 15) is 14.4 Å². The molecule has 0 bridgehead atoms. The minimum absolute atomic E-state index is 0.0268. The van der Waals surface area contributed by atoms with Crippen molar-refractivity contribution < 1.29 is 23.9 Å². The molecule has 1 amide bonds. The molecule has 2 heterocycles. The number of nitrogens with zero attached hydrogens (tertiary/aromatic N) is 3. The molecule has 1 N–H and O–H groups in total. The van der Waals surface area contributed by atoms with Crippen molar-refractivity contribution in [3.63, 3.8) is 0 Å². The molecule has 0 saturated carbocycles. The fraction of sp³-hybridized carbons (Fsp3) is 0.250. The first-order valence-electron chi connectivity index (χ1n) is 8.84. The number of ether oxygens (including phenoxy) is 2. The Morgan fingerprint density at radius 1 is 1.07 bits per heavy atom. The average Bonchev–Trinajstić information content (AvgIpc) is 3.28. The van der Waals surface area contributed by atoms with E-state index in [2.05, 4.69) is 26.8 Å². The Morgan fingerprint density at radius 3 is 2.31 bits per heavy atom. The molecule has 3 rings (SSSR count). The molecule has 2 aromatic heterocycles. The number of hydrogen-bond acceptors (Lipinski definition) is 7. The number of para-hydroxylation sites is 2. The Hall–Kier alpha value is -3.75. The average molecular weight is 398 g/mol. The third-order valence-electron chi connectivity index (χ3n) is 4.00. The lowest BCUT2D eigenvalue weighted by Crippen LogP contribution is -2.21. The molecule has 29 heavy (non-hydrogen) atoms. The van der Waals surface area contributed by atoms with E-state index in [-0.39, 0.29) is 27.9 Å². The van der Waals surface area contributed by atoms with Gasteiger partial charge in [-0.25, -0.2) is 4.79 Å². The largest absolute Gasteiger partial charge is 0.495 e. The van der Waals surface area contributed by atoms with Crippen molar-refractivity contribution in [1.82, 2.24) is 14.6 Å². The molecule has 0 spiro atoms. The van der Waals surface area contributed by atoms with Crippen LogP contribution in [0.15, 0.2) is 24.3 Å². The fourth-order valence-corrected chi connectivity index (χ4v) is 2.82. The van der Waals surface area contributed by atoms with E-state index in [1.807, 2.05) is 13.8 Å². The molecule has 0 saturated heterocycles. The number of amides is 1. The normalized spacial score (nSPS) is 10.1. The number of carbonyl (C=O) groups excluding carboxylic acids is 3. The van der Waals surface area contributed by atoms with Gasteiger partial charge in [0.1, 0.15) is 5.75 Å². The van der Waals surface area contributed by atoms with Crippen LogP contribution in [0.2, 0.25) is 0 Å². The number of fused-ring (bicyclic) bond motifs is 1. The minimum atomic E-state index is -0.760. The maximum absolute atomic E-state index is 12.9. The zero-order valence-electron chi connectivity index (χ0n) is 16.9. The monoisotopic (exact) mass is 398 g/mol. The van der Waals surface area contributed by atoms with Gasteiger partial charge >= 0.3 is 5.97 Å². The van der Waals surface area contributed by atoms with Gasteiger partial charge in [0.15, 0.2) is 11.4 Å². The maximum atomic E-state index is 12.9. The van der Waals surface area contributed by atoms with E-state index in [0.717, 1.165) is 0 Å². The van der Waals surface area contributed by atoms with Gasteiger partial charge in [-0.1, -0.05) is 32.6 Å². The number of ketones is 1. The van der Waals surface area contributed by atoms with Crippen LogP contribution in [-0.4, -0.2) is 46.5 Å². The summed E-state index contributed by atoms with van der Waals surface area (Å²) < 4.78 is 11.1. The lowest BCUT2D eigenvalue weighted by Gasteiger charge is -2.09. The predicted octanol–water partition coefficient (Wildman–Crippen LogP) is 2.13. The first kappa shape index (κ1) is 21.5. The summed E-state index contributed by atoms with van der Waals surface area (Å²) >= 11 is 0. The number of methoxy groups -OCH3 is 2. The number of anilines is 1. The summed E-state index contributed by atoms with van der Waals surface area (Å²) in [5, 5.41) is 10.5. The van der Waals surface area contributed by atoms with Crippen LogP contribution in [0.3, 0.4) is 0 Å². The van der Waals surface area contributed by atoms with Gasteiger partial charge in [-0.05, 0) is 19.1 Å². The summed E-state index contributed by atoms with van der Waals surface area (Å²) in [5.41, 5.74) is 0.480. The molecule has 152 valence electrons. The molecule has 0 fully saturated rings. The lowest BCUT2D eigenvalue weighted by molar-refractivity contribution is 0.0584. The summed E-state index contributed by atoms with van der Waals surface area (Å²) in [7, 11) is 2.66. The van der Waals surface area contributed by atoms with Crippen molar-refractivity contribution in [2.24, 2.45) is 0 Å². The summed E-state index contributed by atoms with van der Waals surface area (Å²) in [6, 6.07) is 6.82. The van der Waals surface area contributed by atoms with Gasteiger partial charge in [-0.15, -0.1) is 10.2 Å². The van der Waals surface area contributed by atoms with Crippen molar-refractivity contribution in [2.75, 3.05) is 19.5 Å². The zero-order chi connectivity index (χ0) is 21.7. The Labute approximate surface area is 167 Å². The smallest absolute Gasteiger partial charge is 0.376 e. The number of nitrogens with one attached hydrogen (secondary N) is 1. The highest BCUT2D eigenvalue weighted by Crippen LogP contribution is 2.25. The lowest BCUT2D eigenvalue weighted by atomic mass is 10.1. The summed E-state index contributed by atoms with van der Waals surface area (Å²) in [6.07, 6.45) is 0. The van der Waals surface area contributed by atoms with E-state index in [4.69, 9.17) is 4.74 Å². The van der Waals surface area contributed by atoms with Gasteiger partial charge in [-0.3, -0.25) is 14.0 Å². The Morgan fingerprint density at radius 2 is 1.72 bits per heavy atom. The second kappa shape index (κ2) is 8.96. The standard InChI is InChI=1S/C18H16N4O5.C2H6/c1-9-13(10(2)23)14(15-20-21-16(22(9)15)18(25)27-4)17(24)19-11-7-5-6-8-12(11)26-3;1-2/h5-8H,1H2,2-4H3,(H,19,24);1-2H3. The van der Waals surface area contributed by atoms with Crippen LogP contribution in [0.4, 0.5) is 5.69 Å². The van der Waals surface area contributed by atoms with Crippen LogP contribution < -0.4 is 15.4 Å². The molecule has 9 nitrogen and oxygen atoms in total. The van der Waals surface area contributed by atoms with E-state index in [1.54, 1.807) is 24.3 Å². The maximum Gasteiger partial charge on any atom is 0.376 e. The number of Topliss-reactive ketones (excluding diaryl/α,β-unsaturated/α-hetero) is 1. The number of hydrogen-bond donors (Lipinski definition) is 1. The first-order chi connectivity index (χ1) is 13.9. The van der Waals surface area contributed by atoms with Gasteiger partial charge in [-0.2, -0.15) is 0 Å². The first-order valence-corrected chi connectivity index (χ1v) is 8.84. The van der Waals surface area contributed by atoms with Crippen LogP contribution in [-0.2, 0) is 4.74 Å². The van der Waals surface area contributed by atoms with Crippen LogP contribution in [0.5, 0.6) is 5.75 Å². The van der Waals surface area contributed by atoms with Crippen LogP contribution >= 0.6 is 0 Å². The molecule has 0 unspecified atom stereocenters. The highest BCUT2D eigenvalue weighted by atomic mass is 16.5. The number of benzene rings is 1. The van der Waals surface area contributed by atoms with Crippen LogP contribution in [0.1, 0.15) is 52.1 Å². The third-order valence-corrected chi connectivity index (χ3v) is 4.00. The van der Waals surface area contributed by atoms with Crippen molar-refractivity contribution >= 4 is 35.6 Å². The van der Waals surface area contributed by atoms with Crippen molar-refractivity contribution in [1.29, 1.82) is 0 Å². The predicted molar refractivity (Wildman–Crippen MR) is 107 cm³/mol. The molecule has 0 aliphatic heterocycles. The molecular formula is C20H22N4O5. The highest BCUT2D eigenvalue weighted by Gasteiger charge is 2.29. The molecule has 0 aliphatic rings. The molecule has 0 aliphatic carbocycles. The Bertz CT molecular complexity index is 1120. The van der Waals surface area contributed by atoms with E-state index < -0.39 is 17.7 Å². The zero-order valence-corrected chi connectivity index (χ0v) is 16.9. The summed E-state index contributed by atoms with van der Waals surface area (Å²) in [6.45, 7) is 9.11. The molecule has 0 atom stereocenters. The van der Waals surface area contributed by atoms with E-state index in [1.165, 1.54) is 25.5 Å². The molecule has 3 aromatic rings. The van der Waals surface area contributed by atoms with Crippen LogP contribution in [0, 0.1) is 0 Å². The second-order valence-electron chi connectivity index (χ2n) is 5.58. The van der Waals surface area contributed by atoms with Crippen molar-refractivity contribution in [3.8, 4) is 5.75 Å². The van der Waals surface area contributed by atoms with Gasteiger partial charge < -0.3 is 14.8 Å². The quantitative estimate of drug-likeness (QED) is 0.517. The number of carbonyl (C=O) groups is 3. The van der Waals surface area contributed by atoms with E-state index in [0.29, 0.717) is 11.4 Å². The summed E-state index contributed by atoms with van der Waals surface area (Å²) in [5.74, 6) is -1.48. The molecule has 0 radical (unpaired) electrons. The Balaban J connectivity index is 0.00000145. The second-order valence-corrected chi connectivity index (χ2v) is 5.58. The summed E-state index contributed by atoms with van der Waals surface area (Å²) in [4.78, 5) is 37.0. The van der Waals surface area contributed by atoms with Gasteiger partial charge in [0, 0.05) is 0 Å². The fourth-order valence-electron chi connectivity index (χ4n) is 2.82. The topological polar surface area (TPSA) is 112 Å². The number of aromatic nitrogens is 3. The SMILES string of the molecule is C=c1c(C(C)=O)c(C(=O)Nc2ccccc2OC)c2nnc(C(=O)OC)n12.CC. The molecule has 1 aromatic carbocycles. The Kier molecular flexibility index (Phi) is 6.66. The highest BCUT2D eigenvalue weighted by molar-refractivity contribution is 6.16. The van der Waals surface area contributed by atoms with Gasteiger partial charge in [0.2, 0.25) is 5.82 Å². The van der Waals surface area contributed by atoms with Gasteiger partial charge in [0.05, 0.1) is 36.4 Å². The van der Waals surface area contributed by atoms with Crippen molar-refractivity contribution in [3.05, 3.63) is 46.6 Å².